The van der Waals surface area contributed by atoms with Gasteiger partial charge in [0.05, 0.1) is 26.2 Å². The maximum Gasteiger partial charge on any atom is 0.225 e. The van der Waals surface area contributed by atoms with Crippen molar-refractivity contribution in [3.8, 4) is 5.75 Å². The molecule has 7 heteroatoms. The predicted octanol–water partition coefficient (Wildman–Crippen LogP) is 3.67. The third-order valence-electron chi connectivity index (χ3n) is 6.26. The van der Waals surface area contributed by atoms with E-state index in [2.05, 4.69) is 29.2 Å². The number of carbonyl (C=O) groups excluding carboxylic acids is 1. The molecule has 2 aromatic rings. The van der Waals surface area contributed by atoms with E-state index in [1.807, 2.05) is 23.1 Å². The third kappa shape index (κ3) is 7.18. The molecule has 6 nitrogen and oxygen atoms in total. The predicted molar refractivity (Wildman–Crippen MR) is 129 cm³/mol. The normalized spacial score (nSPS) is 21.7. The molecule has 2 fully saturated rings. The van der Waals surface area contributed by atoms with Crippen molar-refractivity contribution in [1.29, 1.82) is 0 Å². The zero-order chi connectivity index (χ0) is 22.9. The summed E-state index contributed by atoms with van der Waals surface area (Å²) in [5.74, 6) is 0.825. The van der Waals surface area contributed by atoms with Crippen LogP contribution < -0.4 is 4.74 Å². The highest BCUT2D eigenvalue weighted by atomic mass is 35.5. The monoisotopic (exact) mass is 472 g/mol. The smallest absolute Gasteiger partial charge is 0.225 e. The molecule has 0 N–H and O–H groups in total. The molecular weight excluding hydrogens is 440 g/mol. The average molecular weight is 473 g/mol. The van der Waals surface area contributed by atoms with Crippen molar-refractivity contribution in [3.63, 3.8) is 0 Å². The summed E-state index contributed by atoms with van der Waals surface area (Å²) in [6.45, 7) is 5.85. The highest BCUT2D eigenvalue weighted by molar-refractivity contribution is 6.30. The molecule has 1 amide bonds. The van der Waals surface area contributed by atoms with Gasteiger partial charge in [0.2, 0.25) is 5.91 Å². The summed E-state index contributed by atoms with van der Waals surface area (Å²) in [4.78, 5) is 17.4. The minimum Gasteiger partial charge on any atom is -0.491 e. The van der Waals surface area contributed by atoms with Crippen LogP contribution in [0.3, 0.4) is 0 Å². The van der Waals surface area contributed by atoms with E-state index in [1.165, 1.54) is 5.56 Å². The number of hydrogen-bond acceptors (Lipinski definition) is 5. The Kier molecular flexibility index (Phi) is 8.62. The molecule has 0 radical (unpaired) electrons. The van der Waals surface area contributed by atoms with Gasteiger partial charge in [-0.25, -0.2) is 0 Å². The minimum absolute atomic E-state index is 0.101. The topological polar surface area (TPSA) is 51.2 Å². The molecule has 0 aromatic heterocycles. The summed E-state index contributed by atoms with van der Waals surface area (Å²) >= 11 is 6.01. The summed E-state index contributed by atoms with van der Waals surface area (Å²) in [7, 11) is 0. The van der Waals surface area contributed by atoms with Crippen LogP contribution in [0.15, 0.2) is 54.6 Å². The van der Waals surface area contributed by atoms with Crippen molar-refractivity contribution in [2.45, 2.75) is 24.9 Å². The molecule has 2 aliphatic rings. The third-order valence-corrected chi connectivity index (χ3v) is 6.51. The second-order valence-corrected chi connectivity index (χ2v) is 9.25. The fraction of sp³-hybridized carbons (Fsp3) is 0.500. The van der Waals surface area contributed by atoms with Gasteiger partial charge in [-0.2, -0.15) is 0 Å². The number of nitrogens with zero attached hydrogens (tertiary/aromatic N) is 2. The molecule has 178 valence electrons. The van der Waals surface area contributed by atoms with Crippen LogP contribution in [0.4, 0.5) is 0 Å². The van der Waals surface area contributed by atoms with Crippen LogP contribution in [-0.2, 0) is 20.7 Å². The molecule has 0 spiro atoms. The largest absolute Gasteiger partial charge is 0.491 e. The van der Waals surface area contributed by atoms with E-state index < -0.39 is 5.60 Å². The van der Waals surface area contributed by atoms with Crippen molar-refractivity contribution in [2.24, 2.45) is 0 Å². The second-order valence-electron chi connectivity index (χ2n) is 8.81. The van der Waals surface area contributed by atoms with E-state index in [4.69, 9.17) is 25.8 Å². The first-order chi connectivity index (χ1) is 16.1. The molecule has 2 aromatic carbocycles. The number of benzene rings is 2. The van der Waals surface area contributed by atoms with Gasteiger partial charge in [-0.15, -0.1) is 0 Å². The number of amides is 1. The van der Waals surface area contributed by atoms with Crippen molar-refractivity contribution < 1.29 is 19.0 Å². The highest BCUT2D eigenvalue weighted by Gasteiger charge is 2.41. The summed E-state index contributed by atoms with van der Waals surface area (Å²) in [5, 5.41) is 0.665. The summed E-state index contributed by atoms with van der Waals surface area (Å²) < 4.78 is 17.8. The Hall–Kier alpha value is -2.12. The van der Waals surface area contributed by atoms with Gasteiger partial charge in [0.15, 0.2) is 0 Å². The lowest BCUT2D eigenvalue weighted by molar-refractivity contribution is -0.158. The first-order valence-corrected chi connectivity index (χ1v) is 12.1. The second kappa shape index (κ2) is 11.8. The summed E-state index contributed by atoms with van der Waals surface area (Å²) in [5.41, 5.74) is 0.672. The first kappa shape index (κ1) is 24.0. The summed E-state index contributed by atoms with van der Waals surface area (Å²) in [6.07, 6.45) is 2.41. The van der Waals surface area contributed by atoms with Gasteiger partial charge in [-0.3, -0.25) is 9.69 Å². The zero-order valence-electron chi connectivity index (χ0n) is 19.1. The molecule has 1 atom stereocenters. The Morgan fingerprint density at radius 3 is 2.52 bits per heavy atom. The van der Waals surface area contributed by atoms with Crippen LogP contribution in [0, 0.1) is 0 Å². The van der Waals surface area contributed by atoms with Gasteiger partial charge in [0.1, 0.15) is 18.0 Å². The standard InChI is InChI=1S/C26H33ClN2O4/c27-23-8-10-24(11-9-23)32-21-26(19-25(30)29-14-16-31-17-15-29)20-28(13-18-33-26)12-4-7-22-5-2-1-3-6-22/h1-3,5-6,8-11H,4,7,12-21H2. The number of aryl methyl sites for hydroxylation is 1. The molecule has 2 saturated heterocycles. The van der Waals surface area contributed by atoms with Crippen molar-refractivity contribution in [3.05, 3.63) is 65.2 Å². The van der Waals surface area contributed by atoms with Crippen molar-refractivity contribution in [1.82, 2.24) is 9.80 Å². The SMILES string of the molecule is O=C(CC1(COc2ccc(Cl)cc2)CN(CCCc2ccccc2)CCO1)N1CCOCC1. The van der Waals surface area contributed by atoms with Crippen LogP contribution in [0.2, 0.25) is 5.02 Å². The minimum atomic E-state index is -0.681. The Balaban J connectivity index is 1.39. The fourth-order valence-electron chi connectivity index (χ4n) is 4.46. The van der Waals surface area contributed by atoms with Crippen molar-refractivity contribution in [2.75, 3.05) is 59.2 Å². The Labute approximate surface area is 201 Å². The van der Waals surface area contributed by atoms with E-state index in [0.717, 1.165) is 31.7 Å². The quantitative estimate of drug-likeness (QED) is 0.557. The van der Waals surface area contributed by atoms with Crippen molar-refractivity contribution >= 4 is 17.5 Å². The molecule has 33 heavy (non-hydrogen) atoms. The first-order valence-electron chi connectivity index (χ1n) is 11.8. The molecule has 2 aliphatic heterocycles. The Bertz CT molecular complexity index is 874. The number of carbonyl (C=O) groups is 1. The zero-order valence-corrected chi connectivity index (χ0v) is 19.8. The number of halogens is 1. The molecule has 4 rings (SSSR count). The van der Waals surface area contributed by atoms with Gasteiger partial charge in [0, 0.05) is 31.2 Å². The summed E-state index contributed by atoms with van der Waals surface area (Å²) in [6, 6.07) is 17.9. The maximum atomic E-state index is 13.1. The molecule has 1 unspecified atom stereocenters. The van der Waals surface area contributed by atoms with Gasteiger partial charge in [0.25, 0.3) is 0 Å². The van der Waals surface area contributed by atoms with Gasteiger partial charge in [-0.1, -0.05) is 41.9 Å². The lowest BCUT2D eigenvalue weighted by Crippen LogP contribution is -2.57. The number of hydrogen-bond donors (Lipinski definition) is 0. The lowest BCUT2D eigenvalue weighted by Gasteiger charge is -2.43. The van der Waals surface area contributed by atoms with E-state index in [-0.39, 0.29) is 5.91 Å². The highest BCUT2D eigenvalue weighted by Crippen LogP contribution is 2.26. The lowest BCUT2D eigenvalue weighted by atomic mass is 9.96. The Morgan fingerprint density at radius 1 is 1.00 bits per heavy atom. The molecular formula is C26H33ClN2O4. The van der Waals surface area contributed by atoms with Crippen LogP contribution in [-0.4, -0.2) is 80.5 Å². The van der Waals surface area contributed by atoms with Crippen LogP contribution in [0.25, 0.3) is 0 Å². The molecule has 0 aliphatic carbocycles. The van der Waals surface area contributed by atoms with Crippen LogP contribution in [0.5, 0.6) is 5.75 Å². The number of morpholine rings is 2. The van der Waals surface area contributed by atoms with Crippen LogP contribution in [0.1, 0.15) is 18.4 Å². The average Bonchev–Trinajstić information content (AvgIpc) is 2.85. The van der Waals surface area contributed by atoms with E-state index in [9.17, 15) is 4.79 Å². The van der Waals surface area contributed by atoms with Gasteiger partial charge < -0.3 is 19.1 Å². The molecule has 0 saturated carbocycles. The fourth-order valence-corrected chi connectivity index (χ4v) is 4.58. The van der Waals surface area contributed by atoms with E-state index in [0.29, 0.717) is 57.5 Å². The number of ether oxygens (including phenoxy) is 3. The Morgan fingerprint density at radius 2 is 1.76 bits per heavy atom. The number of rotatable bonds is 9. The van der Waals surface area contributed by atoms with E-state index >= 15 is 0 Å². The van der Waals surface area contributed by atoms with Gasteiger partial charge in [-0.05, 0) is 49.2 Å². The van der Waals surface area contributed by atoms with Gasteiger partial charge >= 0.3 is 0 Å². The maximum absolute atomic E-state index is 13.1. The van der Waals surface area contributed by atoms with E-state index in [1.54, 1.807) is 12.1 Å². The van der Waals surface area contributed by atoms with Crippen LogP contribution >= 0.6 is 11.6 Å². The molecule has 2 heterocycles. The molecule has 0 bridgehead atoms.